The lowest BCUT2D eigenvalue weighted by molar-refractivity contribution is 0.411. The van der Waals surface area contributed by atoms with Crippen molar-refractivity contribution < 1.29 is 4.42 Å². The van der Waals surface area contributed by atoms with Gasteiger partial charge in [-0.25, -0.2) is 4.98 Å². The van der Waals surface area contributed by atoms with Gasteiger partial charge >= 0.3 is 0 Å². The number of benzene rings is 1. The molecule has 1 atom stereocenters. The smallest absolute Gasteiger partial charge is 0.200 e. The third kappa shape index (κ3) is 2.52. The Bertz CT molecular complexity index is 574. The summed E-state index contributed by atoms with van der Waals surface area (Å²) in [5, 5.41) is 3.47. The van der Waals surface area contributed by atoms with Crippen molar-refractivity contribution in [2.75, 3.05) is 13.1 Å². The van der Waals surface area contributed by atoms with Gasteiger partial charge in [-0.15, -0.1) is 0 Å². The van der Waals surface area contributed by atoms with Gasteiger partial charge in [0.15, 0.2) is 5.58 Å². The Hall–Kier alpha value is -1.35. The van der Waals surface area contributed by atoms with Crippen LogP contribution in [0.15, 0.2) is 22.6 Å². The van der Waals surface area contributed by atoms with E-state index < -0.39 is 0 Å². The maximum atomic E-state index is 5.85. The van der Waals surface area contributed by atoms with Crippen LogP contribution in [0.2, 0.25) is 0 Å². The maximum absolute atomic E-state index is 5.85. The lowest BCUT2D eigenvalue weighted by atomic mass is 9.91. The molecule has 3 nitrogen and oxygen atoms in total. The van der Waals surface area contributed by atoms with Crippen molar-refractivity contribution in [1.82, 2.24) is 10.3 Å². The van der Waals surface area contributed by atoms with Gasteiger partial charge in [0.2, 0.25) is 5.89 Å². The van der Waals surface area contributed by atoms with E-state index >= 15 is 0 Å². The number of aromatic nitrogens is 1. The van der Waals surface area contributed by atoms with Crippen LogP contribution >= 0.6 is 0 Å². The first kappa shape index (κ1) is 12.7. The second-order valence-corrected chi connectivity index (χ2v) is 6.54. The van der Waals surface area contributed by atoms with Crippen LogP contribution in [0.25, 0.3) is 11.1 Å². The molecule has 2 aromatic rings. The van der Waals surface area contributed by atoms with E-state index in [1.54, 1.807) is 0 Å². The molecule has 2 heterocycles. The molecule has 19 heavy (non-hydrogen) atoms. The molecular formula is C16H22N2O. The fraction of sp³-hybridized carbons (Fsp3) is 0.562. The van der Waals surface area contributed by atoms with Crippen LogP contribution in [0.3, 0.4) is 0 Å². The Morgan fingerprint density at radius 1 is 1.32 bits per heavy atom. The summed E-state index contributed by atoms with van der Waals surface area (Å²) in [7, 11) is 0. The summed E-state index contributed by atoms with van der Waals surface area (Å²) in [5.74, 6) is 1.44. The van der Waals surface area contributed by atoms with E-state index in [4.69, 9.17) is 4.42 Å². The highest BCUT2D eigenvalue weighted by atomic mass is 16.3. The molecule has 1 fully saturated rings. The zero-order valence-electron chi connectivity index (χ0n) is 12.0. The largest absolute Gasteiger partial charge is 0.440 e. The molecule has 0 saturated carbocycles. The van der Waals surface area contributed by atoms with Crippen molar-refractivity contribution in [2.24, 2.45) is 0 Å². The number of hydrogen-bond donors (Lipinski definition) is 1. The first-order valence-electron chi connectivity index (χ1n) is 7.16. The third-order valence-corrected chi connectivity index (χ3v) is 3.82. The van der Waals surface area contributed by atoms with Gasteiger partial charge in [0, 0.05) is 12.0 Å². The summed E-state index contributed by atoms with van der Waals surface area (Å²) in [6.45, 7) is 8.61. The molecule has 0 spiro atoms. The molecular weight excluding hydrogens is 236 g/mol. The Morgan fingerprint density at radius 2 is 2.16 bits per heavy atom. The predicted molar refractivity (Wildman–Crippen MR) is 77.6 cm³/mol. The predicted octanol–water partition coefficient (Wildman–Crippen LogP) is 3.59. The zero-order chi connectivity index (χ0) is 13.5. The molecule has 0 bridgehead atoms. The molecule has 1 aromatic heterocycles. The standard InChI is InChI=1S/C16H22N2O/c1-16(2,3)15-18-13-9-11(6-7-14(13)19-15)12-5-4-8-17-10-12/h6-7,9,12,17H,4-5,8,10H2,1-3H3. The number of fused-ring (bicyclic) bond motifs is 1. The number of nitrogens with one attached hydrogen (secondary N) is 1. The van der Waals surface area contributed by atoms with Crippen molar-refractivity contribution in [3.05, 3.63) is 29.7 Å². The van der Waals surface area contributed by atoms with E-state index in [9.17, 15) is 0 Å². The van der Waals surface area contributed by atoms with E-state index in [-0.39, 0.29) is 5.41 Å². The molecule has 102 valence electrons. The first-order chi connectivity index (χ1) is 9.04. The minimum atomic E-state index is -0.0361. The molecule has 1 saturated heterocycles. The molecule has 1 unspecified atom stereocenters. The topological polar surface area (TPSA) is 38.1 Å². The van der Waals surface area contributed by atoms with Gasteiger partial charge in [0.25, 0.3) is 0 Å². The summed E-state index contributed by atoms with van der Waals surface area (Å²) in [4.78, 5) is 4.65. The molecule has 1 aliphatic rings. The summed E-state index contributed by atoms with van der Waals surface area (Å²) in [6.07, 6.45) is 2.53. The monoisotopic (exact) mass is 258 g/mol. The number of hydrogen-bond acceptors (Lipinski definition) is 3. The quantitative estimate of drug-likeness (QED) is 0.849. The number of oxazole rings is 1. The van der Waals surface area contributed by atoms with E-state index in [1.807, 2.05) is 0 Å². The van der Waals surface area contributed by atoms with Gasteiger partial charge in [0.05, 0.1) is 0 Å². The van der Waals surface area contributed by atoms with Gasteiger partial charge in [-0.05, 0) is 43.0 Å². The Balaban J connectivity index is 1.96. The van der Waals surface area contributed by atoms with Gasteiger partial charge in [-0.1, -0.05) is 26.8 Å². The second-order valence-electron chi connectivity index (χ2n) is 6.54. The van der Waals surface area contributed by atoms with Crippen LogP contribution in [-0.2, 0) is 5.41 Å². The average Bonchev–Trinajstić information content (AvgIpc) is 2.82. The van der Waals surface area contributed by atoms with Crippen LogP contribution in [0.5, 0.6) is 0 Å². The molecule has 1 N–H and O–H groups in total. The zero-order valence-corrected chi connectivity index (χ0v) is 12.0. The van der Waals surface area contributed by atoms with Crippen molar-refractivity contribution >= 4 is 11.1 Å². The minimum Gasteiger partial charge on any atom is -0.440 e. The summed E-state index contributed by atoms with van der Waals surface area (Å²) in [6, 6.07) is 6.46. The van der Waals surface area contributed by atoms with Crippen molar-refractivity contribution in [3.63, 3.8) is 0 Å². The number of nitrogens with zero attached hydrogens (tertiary/aromatic N) is 1. The Morgan fingerprint density at radius 3 is 2.84 bits per heavy atom. The molecule has 0 amide bonds. The SMILES string of the molecule is CC(C)(C)c1nc2cc(C3CCCNC3)ccc2o1. The highest BCUT2D eigenvalue weighted by Gasteiger charge is 2.22. The minimum absolute atomic E-state index is 0.0361. The van der Waals surface area contributed by atoms with Gasteiger partial charge in [-0.3, -0.25) is 0 Å². The van der Waals surface area contributed by atoms with Crippen molar-refractivity contribution in [2.45, 2.75) is 44.9 Å². The lowest BCUT2D eigenvalue weighted by Crippen LogP contribution is -2.28. The second kappa shape index (κ2) is 4.64. The molecule has 0 radical (unpaired) electrons. The van der Waals surface area contributed by atoms with E-state index in [2.05, 4.69) is 49.3 Å². The average molecular weight is 258 g/mol. The number of piperidine rings is 1. The summed E-state index contributed by atoms with van der Waals surface area (Å²) < 4.78 is 5.85. The summed E-state index contributed by atoms with van der Waals surface area (Å²) >= 11 is 0. The lowest BCUT2D eigenvalue weighted by Gasteiger charge is -2.22. The summed E-state index contributed by atoms with van der Waals surface area (Å²) in [5.41, 5.74) is 3.24. The highest BCUT2D eigenvalue weighted by molar-refractivity contribution is 5.73. The highest BCUT2D eigenvalue weighted by Crippen LogP contribution is 2.29. The fourth-order valence-corrected chi connectivity index (χ4v) is 2.66. The van der Waals surface area contributed by atoms with Gasteiger partial charge < -0.3 is 9.73 Å². The molecule has 1 aliphatic heterocycles. The van der Waals surface area contributed by atoms with Crippen LogP contribution in [0.1, 0.15) is 51.0 Å². The van der Waals surface area contributed by atoms with E-state index in [0.717, 1.165) is 30.1 Å². The van der Waals surface area contributed by atoms with Gasteiger partial charge in [-0.2, -0.15) is 0 Å². The maximum Gasteiger partial charge on any atom is 0.200 e. The Kier molecular flexibility index (Phi) is 3.09. The molecule has 0 aliphatic carbocycles. The van der Waals surface area contributed by atoms with Crippen LogP contribution in [-0.4, -0.2) is 18.1 Å². The van der Waals surface area contributed by atoms with Crippen molar-refractivity contribution in [1.29, 1.82) is 0 Å². The fourth-order valence-electron chi connectivity index (χ4n) is 2.66. The van der Waals surface area contributed by atoms with Crippen LogP contribution in [0, 0.1) is 0 Å². The normalized spacial score (nSPS) is 20.9. The number of rotatable bonds is 1. The van der Waals surface area contributed by atoms with E-state index in [1.165, 1.54) is 18.4 Å². The first-order valence-corrected chi connectivity index (χ1v) is 7.16. The van der Waals surface area contributed by atoms with E-state index in [0.29, 0.717) is 5.92 Å². The molecule has 1 aromatic carbocycles. The van der Waals surface area contributed by atoms with Crippen LogP contribution in [0.4, 0.5) is 0 Å². The van der Waals surface area contributed by atoms with Crippen molar-refractivity contribution in [3.8, 4) is 0 Å². The molecule has 3 heteroatoms. The third-order valence-electron chi connectivity index (χ3n) is 3.82. The molecule has 3 rings (SSSR count). The van der Waals surface area contributed by atoms with Crippen LogP contribution < -0.4 is 5.32 Å². The Labute approximate surface area is 114 Å². The van der Waals surface area contributed by atoms with Gasteiger partial charge in [0.1, 0.15) is 5.52 Å².